The van der Waals surface area contributed by atoms with Gasteiger partial charge >= 0.3 is 0 Å². The van der Waals surface area contributed by atoms with Gasteiger partial charge in [-0.15, -0.1) is 0 Å². The molecule has 2 nitrogen and oxygen atoms in total. The monoisotopic (exact) mass is 269 g/mol. The Morgan fingerprint density at radius 2 is 1.80 bits per heavy atom. The zero-order chi connectivity index (χ0) is 14.4. The van der Waals surface area contributed by atoms with E-state index in [0.29, 0.717) is 12.6 Å². The van der Waals surface area contributed by atoms with Crippen molar-refractivity contribution in [1.82, 2.24) is 5.32 Å². The van der Waals surface area contributed by atoms with E-state index >= 15 is 0 Å². The van der Waals surface area contributed by atoms with Gasteiger partial charge in [0.05, 0.1) is 0 Å². The van der Waals surface area contributed by atoms with E-state index in [1.807, 2.05) is 18.2 Å². The van der Waals surface area contributed by atoms with Gasteiger partial charge in [0, 0.05) is 18.2 Å². The van der Waals surface area contributed by atoms with Gasteiger partial charge in [-0.3, -0.25) is 0 Å². The number of aryl methyl sites for hydroxylation is 1. The Hall–Kier alpha value is -1.80. The maximum atomic E-state index is 5.97. The number of hydrogen-bond donors (Lipinski definition) is 1. The van der Waals surface area contributed by atoms with Gasteiger partial charge in [-0.1, -0.05) is 61.9 Å². The third kappa shape index (κ3) is 4.39. The molecule has 0 saturated heterocycles. The van der Waals surface area contributed by atoms with E-state index < -0.39 is 0 Å². The van der Waals surface area contributed by atoms with E-state index in [9.17, 15) is 0 Å². The molecule has 2 rings (SSSR count). The lowest BCUT2D eigenvalue weighted by atomic mass is 10.1. The van der Waals surface area contributed by atoms with Crippen molar-refractivity contribution in [3.8, 4) is 5.75 Å². The minimum absolute atomic E-state index is 0.470. The Balaban J connectivity index is 2.06. The quantitative estimate of drug-likeness (QED) is 0.853. The fourth-order valence-corrected chi connectivity index (χ4v) is 2.04. The molecule has 2 aromatic rings. The van der Waals surface area contributed by atoms with Crippen molar-refractivity contribution in [1.29, 1.82) is 0 Å². The van der Waals surface area contributed by atoms with Gasteiger partial charge < -0.3 is 10.1 Å². The molecule has 2 heteroatoms. The van der Waals surface area contributed by atoms with Crippen LogP contribution in [0.3, 0.4) is 0 Å². The third-order valence-electron chi connectivity index (χ3n) is 3.15. The summed E-state index contributed by atoms with van der Waals surface area (Å²) in [5.74, 6) is 0.965. The number of nitrogens with one attached hydrogen (secondary N) is 1. The molecule has 0 atom stereocenters. The summed E-state index contributed by atoms with van der Waals surface area (Å²) in [6, 6.07) is 17.1. The molecule has 106 valence electrons. The lowest BCUT2D eigenvalue weighted by molar-refractivity contribution is 0.301. The number of hydrogen-bond acceptors (Lipinski definition) is 2. The van der Waals surface area contributed by atoms with Crippen molar-refractivity contribution in [2.45, 2.75) is 40.0 Å². The van der Waals surface area contributed by atoms with Crippen LogP contribution in [0.15, 0.2) is 48.5 Å². The van der Waals surface area contributed by atoms with Crippen molar-refractivity contribution in [3.63, 3.8) is 0 Å². The summed E-state index contributed by atoms with van der Waals surface area (Å²) in [6.07, 6.45) is 0. The van der Waals surface area contributed by atoms with E-state index in [4.69, 9.17) is 4.74 Å². The van der Waals surface area contributed by atoms with Gasteiger partial charge in [0.2, 0.25) is 0 Å². The highest BCUT2D eigenvalue weighted by Gasteiger charge is 2.05. The lowest BCUT2D eigenvalue weighted by Gasteiger charge is -2.14. The minimum atomic E-state index is 0.470. The molecule has 0 aliphatic carbocycles. The van der Waals surface area contributed by atoms with Crippen molar-refractivity contribution in [2.24, 2.45) is 0 Å². The highest BCUT2D eigenvalue weighted by Crippen LogP contribution is 2.21. The molecule has 0 aliphatic heterocycles. The topological polar surface area (TPSA) is 21.3 Å². The molecule has 0 unspecified atom stereocenters. The summed E-state index contributed by atoms with van der Waals surface area (Å²) >= 11 is 0. The van der Waals surface area contributed by atoms with Gasteiger partial charge in [-0.25, -0.2) is 0 Å². The van der Waals surface area contributed by atoms with Gasteiger partial charge in [0.25, 0.3) is 0 Å². The average Bonchev–Trinajstić information content (AvgIpc) is 2.45. The first-order chi connectivity index (χ1) is 9.65. The standard InChI is InChI=1S/C18H23NO/c1-14(2)19-12-17-11-15(3)9-10-18(17)20-13-16-7-5-4-6-8-16/h4-11,14,19H,12-13H2,1-3H3. The number of ether oxygens (including phenoxy) is 1. The van der Waals surface area contributed by atoms with E-state index in [1.165, 1.54) is 16.7 Å². The van der Waals surface area contributed by atoms with Crippen LogP contribution >= 0.6 is 0 Å². The summed E-state index contributed by atoms with van der Waals surface area (Å²) < 4.78 is 5.97. The SMILES string of the molecule is Cc1ccc(OCc2ccccc2)c(CNC(C)C)c1. The average molecular weight is 269 g/mol. The molecule has 0 bridgehead atoms. The van der Waals surface area contributed by atoms with E-state index in [-0.39, 0.29) is 0 Å². The van der Waals surface area contributed by atoms with Crippen LogP contribution in [0, 0.1) is 6.92 Å². The molecule has 20 heavy (non-hydrogen) atoms. The fourth-order valence-electron chi connectivity index (χ4n) is 2.04. The maximum absolute atomic E-state index is 5.97. The Labute approximate surface area is 121 Å². The van der Waals surface area contributed by atoms with Gasteiger partial charge in [0.1, 0.15) is 12.4 Å². The molecule has 0 fully saturated rings. The Morgan fingerprint density at radius 1 is 1.05 bits per heavy atom. The molecule has 0 amide bonds. The summed E-state index contributed by atoms with van der Waals surface area (Å²) in [5, 5.41) is 3.45. The summed E-state index contributed by atoms with van der Waals surface area (Å²) in [7, 11) is 0. The number of benzene rings is 2. The van der Waals surface area contributed by atoms with Gasteiger partial charge in [-0.2, -0.15) is 0 Å². The Morgan fingerprint density at radius 3 is 2.50 bits per heavy atom. The van der Waals surface area contributed by atoms with Gasteiger partial charge in [-0.05, 0) is 18.6 Å². The minimum Gasteiger partial charge on any atom is -0.489 e. The molecule has 1 N–H and O–H groups in total. The summed E-state index contributed by atoms with van der Waals surface area (Å²) in [5.41, 5.74) is 3.67. The predicted molar refractivity (Wildman–Crippen MR) is 83.9 cm³/mol. The Kier molecular flexibility index (Phi) is 5.19. The molecule has 0 heterocycles. The first kappa shape index (κ1) is 14.6. The molecule has 0 aromatic heterocycles. The van der Waals surface area contributed by atoms with Crippen LogP contribution in [0.1, 0.15) is 30.5 Å². The molecule has 0 aliphatic rings. The summed E-state index contributed by atoms with van der Waals surface area (Å²) in [4.78, 5) is 0. The van der Waals surface area contributed by atoms with Crippen molar-refractivity contribution in [3.05, 3.63) is 65.2 Å². The van der Waals surface area contributed by atoms with Gasteiger partial charge in [0.15, 0.2) is 0 Å². The van der Waals surface area contributed by atoms with Crippen LogP contribution in [-0.4, -0.2) is 6.04 Å². The predicted octanol–water partition coefficient (Wildman–Crippen LogP) is 4.07. The third-order valence-corrected chi connectivity index (χ3v) is 3.15. The van der Waals surface area contributed by atoms with Crippen LogP contribution < -0.4 is 10.1 Å². The van der Waals surface area contributed by atoms with Crippen LogP contribution in [-0.2, 0) is 13.2 Å². The highest BCUT2D eigenvalue weighted by atomic mass is 16.5. The smallest absolute Gasteiger partial charge is 0.124 e. The normalized spacial score (nSPS) is 10.8. The summed E-state index contributed by atoms with van der Waals surface area (Å²) in [6.45, 7) is 7.86. The fraction of sp³-hybridized carbons (Fsp3) is 0.333. The van der Waals surface area contributed by atoms with Crippen LogP contribution in [0.4, 0.5) is 0 Å². The molecule has 2 aromatic carbocycles. The molecular formula is C18H23NO. The van der Waals surface area contributed by atoms with Crippen LogP contribution in [0.5, 0.6) is 5.75 Å². The first-order valence-corrected chi connectivity index (χ1v) is 7.15. The molecule has 0 radical (unpaired) electrons. The van der Waals surface area contributed by atoms with Crippen molar-refractivity contribution < 1.29 is 4.74 Å². The highest BCUT2D eigenvalue weighted by molar-refractivity contribution is 5.37. The van der Waals surface area contributed by atoms with Crippen LogP contribution in [0.2, 0.25) is 0 Å². The van der Waals surface area contributed by atoms with E-state index in [0.717, 1.165) is 12.3 Å². The van der Waals surface area contributed by atoms with Crippen molar-refractivity contribution >= 4 is 0 Å². The number of rotatable bonds is 6. The maximum Gasteiger partial charge on any atom is 0.124 e. The second-order valence-electron chi connectivity index (χ2n) is 5.42. The Bertz CT molecular complexity index is 534. The zero-order valence-corrected chi connectivity index (χ0v) is 12.5. The molecule has 0 saturated carbocycles. The second kappa shape index (κ2) is 7.11. The first-order valence-electron chi connectivity index (χ1n) is 7.15. The van der Waals surface area contributed by atoms with Crippen LogP contribution in [0.25, 0.3) is 0 Å². The largest absolute Gasteiger partial charge is 0.489 e. The molecular weight excluding hydrogens is 246 g/mol. The van der Waals surface area contributed by atoms with E-state index in [2.05, 4.69) is 56.4 Å². The lowest BCUT2D eigenvalue weighted by Crippen LogP contribution is -2.22. The van der Waals surface area contributed by atoms with Crippen molar-refractivity contribution in [2.75, 3.05) is 0 Å². The molecule has 0 spiro atoms. The zero-order valence-electron chi connectivity index (χ0n) is 12.5. The second-order valence-corrected chi connectivity index (χ2v) is 5.42. The van der Waals surface area contributed by atoms with E-state index in [1.54, 1.807) is 0 Å².